The highest BCUT2D eigenvalue weighted by Crippen LogP contribution is 2.46. The van der Waals surface area contributed by atoms with Crippen molar-refractivity contribution >= 4 is 38.8 Å². The lowest BCUT2D eigenvalue weighted by Gasteiger charge is -2.26. The predicted octanol–water partition coefficient (Wildman–Crippen LogP) is 5.12. The van der Waals surface area contributed by atoms with Gasteiger partial charge in [0.1, 0.15) is 29.2 Å². The molecule has 7 rings (SSSR count). The number of carbonyl (C=O) groups is 3. The van der Waals surface area contributed by atoms with Gasteiger partial charge in [0.2, 0.25) is 15.9 Å². The summed E-state index contributed by atoms with van der Waals surface area (Å²) in [4.78, 5) is 47.3. The van der Waals surface area contributed by atoms with Gasteiger partial charge in [-0.1, -0.05) is 49.9 Å². The van der Waals surface area contributed by atoms with Gasteiger partial charge in [-0.05, 0) is 57.1 Å². The van der Waals surface area contributed by atoms with E-state index >= 15 is 0 Å². The fourth-order valence-corrected chi connectivity index (χ4v) is 8.04. The summed E-state index contributed by atoms with van der Waals surface area (Å²) in [5.74, 6) is -0.526. The number of rotatable bonds is 7. The number of hydrogen-bond acceptors (Lipinski definition) is 9. The highest BCUT2D eigenvalue weighted by Gasteiger charge is 2.62. The van der Waals surface area contributed by atoms with Gasteiger partial charge in [0, 0.05) is 35.4 Å². The predicted molar refractivity (Wildman–Crippen MR) is 188 cm³/mol. The van der Waals surface area contributed by atoms with E-state index in [1.807, 2.05) is 66.7 Å². The molecule has 13 heteroatoms. The molecule has 0 radical (unpaired) electrons. The maximum absolute atomic E-state index is 14.1. The molecule has 0 unspecified atom stereocenters. The van der Waals surface area contributed by atoms with Crippen molar-refractivity contribution in [2.45, 2.75) is 81.7 Å². The van der Waals surface area contributed by atoms with Crippen molar-refractivity contribution in [2.75, 3.05) is 20.3 Å². The molecule has 4 atom stereocenters. The highest BCUT2D eigenvalue weighted by atomic mass is 32.2. The van der Waals surface area contributed by atoms with Crippen molar-refractivity contribution in [3.8, 4) is 22.8 Å². The number of benzene rings is 2. The standard InChI is InChI=1S/C36H40N4O8S.CH4/c1-46-25-13-16-28-30(18-25)37-29(23-10-6-5-7-11-23)20-32(28)48-26-19-31-33(41)38-36(34(42)39-49(44,45)27-14-15-27)21-24(36)12-8-3-2-4-9-17-47-35(43)40(31)22-26;/h5-8,10-13,16,18,20,24,26-27,31H,2-4,9,14-15,17,19,21-22H2,1H3,(H,38,41)(H,39,42);1H4/b12-8-;/t24-,26-,31+,36-;/m1./s1. The number of hydrogen-bond donors (Lipinski definition) is 2. The summed E-state index contributed by atoms with van der Waals surface area (Å²) in [5.41, 5.74) is 0.792. The molecule has 2 aromatic carbocycles. The van der Waals surface area contributed by atoms with Gasteiger partial charge in [-0.3, -0.25) is 19.2 Å². The zero-order valence-electron chi connectivity index (χ0n) is 27.3. The Bertz CT molecular complexity index is 1900. The quantitative estimate of drug-likeness (QED) is 0.319. The molecule has 3 fully saturated rings. The molecule has 2 aliphatic carbocycles. The molecular weight excluding hydrogens is 660 g/mol. The van der Waals surface area contributed by atoms with E-state index in [9.17, 15) is 22.8 Å². The average Bonchev–Trinajstić information content (AvgIpc) is 4.02. The molecule has 0 bridgehead atoms. The first-order chi connectivity index (χ1) is 23.7. The van der Waals surface area contributed by atoms with E-state index in [1.165, 1.54) is 4.90 Å². The van der Waals surface area contributed by atoms with Crippen LogP contribution in [0.25, 0.3) is 22.2 Å². The van der Waals surface area contributed by atoms with Crippen LogP contribution in [0.2, 0.25) is 0 Å². The Hall–Kier alpha value is -4.65. The Morgan fingerprint density at radius 3 is 2.64 bits per heavy atom. The molecule has 12 nitrogen and oxygen atoms in total. The van der Waals surface area contributed by atoms with Crippen LogP contribution in [0.5, 0.6) is 11.5 Å². The highest BCUT2D eigenvalue weighted by molar-refractivity contribution is 7.91. The van der Waals surface area contributed by atoms with Gasteiger partial charge in [-0.25, -0.2) is 18.2 Å². The molecule has 4 aliphatic rings. The molecule has 1 saturated heterocycles. The van der Waals surface area contributed by atoms with E-state index in [-0.39, 0.29) is 39.3 Å². The second kappa shape index (κ2) is 14.3. The monoisotopic (exact) mass is 704 g/mol. The topological polar surface area (TPSA) is 153 Å². The fourth-order valence-electron chi connectivity index (χ4n) is 6.68. The van der Waals surface area contributed by atoms with Crippen molar-refractivity contribution in [1.82, 2.24) is 19.9 Å². The number of carbonyl (C=O) groups excluding carboxylic acids is 3. The van der Waals surface area contributed by atoms with Crippen LogP contribution < -0.4 is 19.5 Å². The number of pyridine rings is 1. The van der Waals surface area contributed by atoms with E-state index in [0.717, 1.165) is 30.2 Å². The number of methoxy groups -OCH3 is 1. The van der Waals surface area contributed by atoms with E-state index in [2.05, 4.69) is 10.0 Å². The normalized spacial score (nSPS) is 26.1. The lowest BCUT2D eigenvalue weighted by Crippen LogP contribution is -2.56. The first-order valence-electron chi connectivity index (χ1n) is 16.9. The average molecular weight is 705 g/mol. The molecule has 3 aromatic rings. The first kappa shape index (κ1) is 35.2. The molecular formula is C37H44N4O8S. The first-order valence-corrected chi connectivity index (χ1v) is 18.4. The lowest BCUT2D eigenvalue weighted by atomic mass is 10.1. The van der Waals surface area contributed by atoms with E-state index < -0.39 is 50.9 Å². The van der Waals surface area contributed by atoms with Gasteiger partial charge in [0.15, 0.2) is 0 Å². The molecule has 3 amide bonds. The number of sulfonamides is 1. The van der Waals surface area contributed by atoms with Gasteiger partial charge in [-0.2, -0.15) is 0 Å². The molecule has 1 aromatic heterocycles. The third-order valence-electron chi connectivity index (χ3n) is 9.72. The maximum atomic E-state index is 14.1. The van der Waals surface area contributed by atoms with Crippen LogP contribution in [0, 0.1) is 5.92 Å². The number of fused-ring (bicyclic) bond motifs is 3. The van der Waals surface area contributed by atoms with Gasteiger partial charge < -0.3 is 19.5 Å². The summed E-state index contributed by atoms with van der Waals surface area (Å²) in [6, 6.07) is 16.0. The Kier molecular flexibility index (Phi) is 10.1. The number of allylic oxidation sites excluding steroid dienone is 1. The molecule has 2 aliphatic heterocycles. The van der Waals surface area contributed by atoms with Crippen LogP contribution in [-0.4, -0.2) is 79.4 Å². The Balaban J connectivity index is 0.00000432. The van der Waals surface area contributed by atoms with Crippen LogP contribution in [0.3, 0.4) is 0 Å². The molecule has 3 heterocycles. The van der Waals surface area contributed by atoms with Crippen molar-refractivity contribution in [2.24, 2.45) is 5.92 Å². The van der Waals surface area contributed by atoms with Gasteiger partial charge >= 0.3 is 6.09 Å². The summed E-state index contributed by atoms with van der Waals surface area (Å²) in [7, 11) is -2.25. The number of cyclic esters (lactones) is 1. The number of aromatic nitrogens is 1. The third-order valence-corrected chi connectivity index (χ3v) is 11.5. The van der Waals surface area contributed by atoms with E-state index in [4.69, 9.17) is 19.2 Å². The van der Waals surface area contributed by atoms with Crippen LogP contribution in [0.1, 0.15) is 58.8 Å². The van der Waals surface area contributed by atoms with Crippen molar-refractivity contribution in [3.05, 3.63) is 66.7 Å². The molecule has 2 saturated carbocycles. The fraction of sp³-hybridized carbons (Fsp3) is 0.459. The number of nitrogens with one attached hydrogen (secondary N) is 2. The summed E-state index contributed by atoms with van der Waals surface area (Å²) in [6.45, 7) is 0.278. The summed E-state index contributed by atoms with van der Waals surface area (Å²) >= 11 is 0. The molecule has 50 heavy (non-hydrogen) atoms. The Labute approximate surface area is 292 Å². The summed E-state index contributed by atoms with van der Waals surface area (Å²) < 4.78 is 45.3. The van der Waals surface area contributed by atoms with Gasteiger partial charge in [0.25, 0.3) is 5.91 Å². The second-order valence-electron chi connectivity index (χ2n) is 13.2. The van der Waals surface area contributed by atoms with Crippen LogP contribution in [0.4, 0.5) is 4.79 Å². The lowest BCUT2D eigenvalue weighted by molar-refractivity contribution is -0.131. The van der Waals surface area contributed by atoms with Crippen molar-refractivity contribution in [3.63, 3.8) is 0 Å². The van der Waals surface area contributed by atoms with Crippen LogP contribution in [-0.2, 0) is 24.3 Å². The minimum Gasteiger partial charge on any atom is -0.497 e. The minimum absolute atomic E-state index is 0. The van der Waals surface area contributed by atoms with Crippen LogP contribution in [0.15, 0.2) is 66.7 Å². The second-order valence-corrected chi connectivity index (χ2v) is 15.2. The SMILES string of the molecule is C.COc1ccc2c(O[C@@H]3C[C@H]4C(=O)N[C@]5(C(=O)NS(=O)(=O)C6CC6)C[C@H]5/C=C\CCCCCOC(=O)N4C3)cc(-c3ccccc3)nc2c1. The smallest absolute Gasteiger partial charge is 0.410 e. The number of nitrogens with zero attached hydrogens (tertiary/aromatic N) is 2. The molecule has 0 spiro atoms. The molecule has 2 N–H and O–H groups in total. The van der Waals surface area contributed by atoms with E-state index in [0.29, 0.717) is 42.0 Å². The molecule has 266 valence electrons. The van der Waals surface area contributed by atoms with Crippen LogP contribution >= 0.6 is 0 Å². The third kappa shape index (κ3) is 7.28. The van der Waals surface area contributed by atoms with E-state index in [1.54, 1.807) is 7.11 Å². The largest absolute Gasteiger partial charge is 0.497 e. The summed E-state index contributed by atoms with van der Waals surface area (Å²) in [6.07, 6.45) is 7.12. The van der Waals surface area contributed by atoms with Crippen molar-refractivity contribution in [1.29, 1.82) is 0 Å². The number of amides is 3. The Morgan fingerprint density at radius 2 is 1.88 bits per heavy atom. The number of ether oxygens (including phenoxy) is 3. The Morgan fingerprint density at radius 1 is 1.08 bits per heavy atom. The minimum atomic E-state index is -3.84. The maximum Gasteiger partial charge on any atom is 0.410 e. The van der Waals surface area contributed by atoms with Gasteiger partial charge in [-0.15, -0.1) is 0 Å². The van der Waals surface area contributed by atoms with Crippen molar-refractivity contribution < 1.29 is 37.0 Å². The summed E-state index contributed by atoms with van der Waals surface area (Å²) in [5, 5.41) is 3.01. The van der Waals surface area contributed by atoms with Gasteiger partial charge in [0.05, 0.1) is 36.7 Å². The zero-order valence-corrected chi connectivity index (χ0v) is 28.1. The zero-order chi connectivity index (χ0) is 34.2.